The van der Waals surface area contributed by atoms with Crippen molar-refractivity contribution in [3.63, 3.8) is 0 Å². The minimum atomic E-state index is -0.428. The Hall–Kier alpha value is -0.370. The van der Waals surface area contributed by atoms with Crippen LogP contribution in [0.4, 0.5) is 0 Å². The van der Waals surface area contributed by atoms with E-state index in [1.807, 2.05) is 20.8 Å². The van der Waals surface area contributed by atoms with Gasteiger partial charge in [-0.05, 0) is 12.3 Å². The van der Waals surface area contributed by atoms with Crippen molar-refractivity contribution >= 4 is 5.78 Å². The first-order valence-electron chi connectivity index (χ1n) is 4.26. The van der Waals surface area contributed by atoms with Gasteiger partial charge in [-0.15, -0.1) is 0 Å². The summed E-state index contributed by atoms with van der Waals surface area (Å²) in [4.78, 5) is 10.8. The Morgan fingerprint density at radius 2 is 2.00 bits per heavy atom. The third-order valence-corrected chi connectivity index (χ3v) is 1.60. The summed E-state index contributed by atoms with van der Waals surface area (Å²) in [5.74, 6) is 0.618. The summed E-state index contributed by atoms with van der Waals surface area (Å²) in [5.41, 5.74) is 0. The molecule has 0 fully saturated rings. The fourth-order valence-electron chi connectivity index (χ4n) is 1.03. The Kier molecular flexibility index (Phi) is 5.12. The van der Waals surface area contributed by atoms with Gasteiger partial charge in [-0.25, -0.2) is 0 Å². The molecule has 0 saturated carbocycles. The molecule has 66 valence electrons. The van der Waals surface area contributed by atoms with Gasteiger partial charge < -0.3 is 5.11 Å². The number of Topliss-reactive ketones (excluding diaryl/α,β-unsaturated/α-hetero) is 1. The lowest BCUT2D eigenvalue weighted by molar-refractivity contribution is -0.120. The van der Waals surface area contributed by atoms with Crippen molar-refractivity contribution in [3.05, 3.63) is 0 Å². The second-order valence-electron chi connectivity index (χ2n) is 3.38. The molecule has 0 heterocycles. The minimum Gasteiger partial charge on any atom is -0.393 e. The average molecular weight is 158 g/mol. The predicted molar refractivity (Wildman–Crippen MR) is 45.4 cm³/mol. The molecule has 0 rings (SSSR count). The Balaban J connectivity index is 3.51. The second kappa shape index (κ2) is 5.30. The number of ketones is 1. The van der Waals surface area contributed by atoms with E-state index in [9.17, 15) is 9.90 Å². The maximum Gasteiger partial charge on any atom is 0.135 e. The number of hydrogen-bond acceptors (Lipinski definition) is 2. The van der Waals surface area contributed by atoms with Gasteiger partial charge >= 0.3 is 0 Å². The van der Waals surface area contributed by atoms with Crippen molar-refractivity contribution in [2.45, 2.75) is 46.1 Å². The molecule has 1 atom stereocenters. The van der Waals surface area contributed by atoms with Crippen LogP contribution in [-0.2, 0) is 4.79 Å². The molecular weight excluding hydrogens is 140 g/mol. The molecule has 0 radical (unpaired) electrons. The van der Waals surface area contributed by atoms with Crippen molar-refractivity contribution < 1.29 is 9.90 Å². The number of aliphatic hydroxyl groups excluding tert-OH is 1. The van der Waals surface area contributed by atoms with E-state index in [0.29, 0.717) is 18.8 Å². The zero-order valence-electron chi connectivity index (χ0n) is 7.63. The summed E-state index contributed by atoms with van der Waals surface area (Å²) in [6.07, 6.45) is 1.16. The lowest BCUT2D eigenvalue weighted by atomic mass is 10.0. The molecule has 0 aromatic rings. The third-order valence-electron chi connectivity index (χ3n) is 1.60. The van der Waals surface area contributed by atoms with Gasteiger partial charge in [0.15, 0.2) is 0 Å². The molecule has 1 N–H and O–H groups in total. The van der Waals surface area contributed by atoms with Gasteiger partial charge in [0.05, 0.1) is 6.10 Å². The molecule has 0 aromatic heterocycles. The van der Waals surface area contributed by atoms with E-state index in [2.05, 4.69) is 0 Å². The van der Waals surface area contributed by atoms with E-state index < -0.39 is 6.10 Å². The van der Waals surface area contributed by atoms with Gasteiger partial charge in [-0.3, -0.25) is 4.79 Å². The summed E-state index contributed by atoms with van der Waals surface area (Å²) in [5, 5.41) is 9.30. The third kappa shape index (κ3) is 6.05. The fraction of sp³-hybridized carbons (Fsp3) is 0.889. The highest BCUT2D eigenvalue weighted by Crippen LogP contribution is 2.08. The van der Waals surface area contributed by atoms with E-state index in [1.54, 1.807) is 0 Å². The molecule has 0 bridgehead atoms. The maximum absolute atomic E-state index is 10.8. The average Bonchev–Trinajstić information content (AvgIpc) is 1.85. The molecule has 0 aliphatic heterocycles. The Morgan fingerprint density at radius 3 is 2.36 bits per heavy atom. The van der Waals surface area contributed by atoms with Gasteiger partial charge in [0.25, 0.3) is 0 Å². The normalized spacial score (nSPS) is 13.5. The second-order valence-corrected chi connectivity index (χ2v) is 3.38. The predicted octanol–water partition coefficient (Wildman–Crippen LogP) is 1.76. The van der Waals surface area contributed by atoms with E-state index in [-0.39, 0.29) is 5.78 Å². The molecule has 11 heavy (non-hydrogen) atoms. The zero-order chi connectivity index (χ0) is 8.85. The number of carbonyl (C=O) groups excluding carboxylic acids is 1. The van der Waals surface area contributed by atoms with Crippen molar-refractivity contribution in [1.82, 2.24) is 0 Å². The Morgan fingerprint density at radius 1 is 1.45 bits per heavy atom. The fourth-order valence-corrected chi connectivity index (χ4v) is 1.03. The highest BCUT2D eigenvalue weighted by Gasteiger charge is 2.10. The van der Waals surface area contributed by atoms with Crippen molar-refractivity contribution in [2.24, 2.45) is 5.92 Å². The molecule has 0 amide bonds. The van der Waals surface area contributed by atoms with E-state index in [0.717, 1.165) is 6.42 Å². The molecule has 0 unspecified atom stereocenters. The van der Waals surface area contributed by atoms with Crippen LogP contribution in [0.15, 0.2) is 0 Å². The molecule has 2 heteroatoms. The van der Waals surface area contributed by atoms with Crippen LogP contribution in [0.5, 0.6) is 0 Å². The monoisotopic (exact) mass is 158 g/mol. The SMILES string of the molecule is CCC(=O)C[C@H](O)CC(C)C. The minimum absolute atomic E-state index is 0.151. The number of aliphatic hydroxyl groups is 1. The Labute approximate surface area is 68.6 Å². The first kappa shape index (κ1) is 10.6. The van der Waals surface area contributed by atoms with Crippen LogP contribution in [0.2, 0.25) is 0 Å². The molecule has 0 spiro atoms. The molecule has 2 nitrogen and oxygen atoms in total. The standard InChI is InChI=1S/C9H18O2/c1-4-8(10)6-9(11)5-7(2)3/h7,9,11H,4-6H2,1-3H3/t9-/m1/s1. The summed E-state index contributed by atoms with van der Waals surface area (Å²) >= 11 is 0. The van der Waals surface area contributed by atoms with Crippen LogP contribution in [0.1, 0.15) is 40.0 Å². The van der Waals surface area contributed by atoms with Crippen LogP contribution in [0.3, 0.4) is 0 Å². The van der Waals surface area contributed by atoms with Gasteiger partial charge in [0.1, 0.15) is 5.78 Å². The van der Waals surface area contributed by atoms with Gasteiger partial charge in [-0.1, -0.05) is 20.8 Å². The van der Waals surface area contributed by atoms with E-state index >= 15 is 0 Å². The highest BCUT2D eigenvalue weighted by molar-refractivity contribution is 5.78. The first-order valence-corrected chi connectivity index (χ1v) is 4.26. The van der Waals surface area contributed by atoms with Crippen LogP contribution >= 0.6 is 0 Å². The van der Waals surface area contributed by atoms with E-state index in [4.69, 9.17) is 0 Å². The van der Waals surface area contributed by atoms with Crippen LogP contribution < -0.4 is 0 Å². The summed E-state index contributed by atoms with van der Waals surface area (Å²) < 4.78 is 0. The van der Waals surface area contributed by atoms with Gasteiger partial charge in [0.2, 0.25) is 0 Å². The van der Waals surface area contributed by atoms with Crippen LogP contribution in [-0.4, -0.2) is 17.0 Å². The summed E-state index contributed by atoms with van der Waals surface area (Å²) in [6, 6.07) is 0. The zero-order valence-corrected chi connectivity index (χ0v) is 7.63. The number of carbonyl (C=O) groups is 1. The summed E-state index contributed by atoms with van der Waals surface area (Å²) in [6.45, 7) is 5.91. The molecule has 0 aliphatic rings. The maximum atomic E-state index is 10.8. The number of hydrogen-bond donors (Lipinski definition) is 1. The molecule has 0 saturated heterocycles. The molecular formula is C9H18O2. The smallest absolute Gasteiger partial charge is 0.135 e. The Bertz CT molecular complexity index is 119. The first-order chi connectivity index (χ1) is 5.06. The van der Waals surface area contributed by atoms with Crippen molar-refractivity contribution in [2.75, 3.05) is 0 Å². The van der Waals surface area contributed by atoms with Crippen LogP contribution in [0, 0.1) is 5.92 Å². The highest BCUT2D eigenvalue weighted by atomic mass is 16.3. The number of rotatable bonds is 5. The largest absolute Gasteiger partial charge is 0.393 e. The molecule has 0 aromatic carbocycles. The van der Waals surface area contributed by atoms with Gasteiger partial charge in [-0.2, -0.15) is 0 Å². The van der Waals surface area contributed by atoms with Crippen LogP contribution in [0.25, 0.3) is 0 Å². The van der Waals surface area contributed by atoms with Crippen molar-refractivity contribution in [1.29, 1.82) is 0 Å². The van der Waals surface area contributed by atoms with Crippen molar-refractivity contribution in [3.8, 4) is 0 Å². The quantitative estimate of drug-likeness (QED) is 0.662. The lowest BCUT2D eigenvalue weighted by Gasteiger charge is -2.10. The molecule has 0 aliphatic carbocycles. The topological polar surface area (TPSA) is 37.3 Å². The lowest BCUT2D eigenvalue weighted by Crippen LogP contribution is -2.14. The van der Waals surface area contributed by atoms with E-state index in [1.165, 1.54) is 0 Å². The summed E-state index contributed by atoms with van der Waals surface area (Å²) in [7, 11) is 0. The van der Waals surface area contributed by atoms with Gasteiger partial charge in [0, 0.05) is 12.8 Å².